The molecule has 1 aromatic heterocycles. The molecule has 2 aromatic carbocycles. The van der Waals surface area contributed by atoms with E-state index < -0.39 is 40.1 Å². The summed E-state index contributed by atoms with van der Waals surface area (Å²) in [4.78, 5) is 48.0. The fourth-order valence-electron chi connectivity index (χ4n) is 2.90. The van der Waals surface area contributed by atoms with Gasteiger partial charge in [0, 0.05) is 12.3 Å². The van der Waals surface area contributed by atoms with Gasteiger partial charge in [-0.1, -0.05) is 42.5 Å². The number of nitrogens with zero attached hydrogens (tertiary/aromatic N) is 2. The second-order valence-corrected chi connectivity index (χ2v) is 6.66. The van der Waals surface area contributed by atoms with Gasteiger partial charge in [0.05, 0.1) is 18.7 Å². The smallest absolute Gasteiger partial charge is 0.376 e. The van der Waals surface area contributed by atoms with Gasteiger partial charge in [0.15, 0.2) is 0 Å². The lowest BCUT2D eigenvalue weighted by atomic mass is 10.2. The summed E-state index contributed by atoms with van der Waals surface area (Å²) in [6.45, 7) is -0.169. The summed E-state index contributed by atoms with van der Waals surface area (Å²) in [5.74, 6) is -4.61. The zero-order chi connectivity index (χ0) is 22.5. The summed E-state index contributed by atoms with van der Waals surface area (Å²) < 4.78 is 15.2. The van der Waals surface area contributed by atoms with Crippen LogP contribution in [0.3, 0.4) is 0 Å². The highest BCUT2D eigenvalue weighted by Gasteiger charge is 2.18. The molecule has 9 heteroatoms. The van der Waals surface area contributed by atoms with Gasteiger partial charge in [0.1, 0.15) is 11.6 Å². The van der Waals surface area contributed by atoms with Crippen molar-refractivity contribution in [3.05, 3.63) is 110 Å². The van der Waals surface area contributed by atoms with Gasteiger partial charge in [-0.25, -0.2) is 14.0 Å². The van der Waals surface area contributed by atoms with Crippen molar-refractivity contribution in [2.75, 3.05) is 0 Å². The fraction of sp³-hybridized carbons (Fsp3) is 0.0909. The van der Waals surface area contributed by atoms with E-state index in [4.69, 9.17) is 5.11 Å². The van der Waals surface area contributed by atoms with E-state index in [0.29, 0.717) is 11.6 Å². The molecule has 0 fully saturated rings. The Morgan fingerprint density at radius 3 is 2.13 bits per heavy atom. The second kappa shape index (κ2) is 9.04. The van der Waals surface area contributed by atoms with Crippen molar-refractivity contribution in [1.29, 1.82) is 0 Å². The molecule has 0 amide bonds. The Morgan fingerprint density at radius 2 is 1.52 bits per heavy atom. The Labute approximate surface area is 174 Å². The van der Waals surface area contributed by atoms with Crippen LogP contribution in [0.2, 0.25) is 0 Å². The molecule has 0 radical (unpaired) electrons. The SMILES string of the molecule is O=C(O)C(=O)C=C(O)c1cn(Cc2ccccc2)c(=O)n(Cc2ccc(F)cc2)c1=O. The minimum Gasteiger partial charge on any atom is -0.507 e. The van der Waals surface area contributed by atoms with E-state index in [-0.39, 0.29) is 13.1 Å². The first-order valence-electron chi connectivity index (χ1n) is 9.07. The Kier molecular flexibility index (Phi) is 6.25. The standard InChI is InChI=1S/C22H17FN2O6/c23-16-8-6-15(7-9-16)12-25-20(28)17(18(26)10-19(27)21(29)30)13-24(22(25)31)11-14-4-2-1-3-5-14/h1-10,13,26H,11-12H2,(H,29,30). The molecule has 0 aliphatic rings. The number of aromatic nitrogens is 2. The number of aliphatic hydroxyl groups is 1. The molecule has 0 saturated carbocycles. The molecule has 31 heavy (non-hydrogen) atoms. The fourth-order valence-corrected chi connectivity index (χ4v) is 2.90. The molecule has 0 atom stereocenters. The molecule has 0 spiro atoms. The Bertz CT molecular complexity index is 1270. The predicted molar refractivity (Wildman–Crippen MR) is 109 cm³/mol. The van der Waals surface area contributed by atoms with Crippen LogP contribution in [0, 0.1) is 5.82 Å². The van der Waals surface area contributed by atoms with Crippen LogP contribution >= 0.6 is 0 Å². The Hall–Kier alpha value is -4.27. The van der Waals surface area contributed by atoms with E-state index >= 15 is 0 Å². The Balaban J connectivity index is 2.15. The van der Waals surface area contributed by atoms with E-state index in [1.165, 1.54) is 24.3 Å². The molecule has 0 unspecified atom stereocenters. The normalized spacial score (nSPS) is 11.3. The molecule has 0 bridgehead atoms. The number of hydrogen-bond donors (Lipinski definition) is 2. The molecule has 158 valence electrons. The number of carboxylic acids is 1. The number of rotatable bonds is 7. The first-order chi connectivity index (χ1) is 14.8. The van der Waals surface area contributed by atoms with Crippen LogP contribution in [0.1, 0.15) is 16.7 Å². The summed E-state index contributed by atoms with van der Waals surface area (Å²) in [5, 5.41) is 19.0. The average molecular weight is 424 g/mol. The monoisotopic (exact) mass is 424 g/mol. The minimum absolute atomic E-state index is 0.0521. The number of aliphatic carboxylic acids is 1. The lowest BCUT2D eigenvalue weighted by molar-refractivity contribution is -0.146. The summed E-state index contributed by atoms with van der Waals surface area (Å²) in [6, 6.07) is 14.0. The number of carbonyl (C=O) groups is 2. The summed E-state index contributed by atoms with van der Waals surface area (Å²) in [6.07, 6.45) is 1.47. The lowest BCUT2D eigenvalue weighted by Gasteiger charge is -2.13. The highest BCUT2D eigenvalue weighted by molar-refractivity contribution is 6.38. The summed E-state index contributed by atoms with van der Waals surface area (Å²) in [5.41, 5.74) is -0.862. The Morgan fingerprint density at radius 1 is 0.903 bits per heavy atom. The van der Waals surface area contributed by atoms with Crippen molar-refractivity contribution >= 4 is 17.5 Å². The molecule has 3 rings (SSSR count). The van der Waals surface area contributed by atoms with E-state index in [1.807, 2.05) is 0 Å². The van der Waals surface area contributed by atoms with Crippen LogP contribution in [-0.4, -0.2) is 31.1 Å². The van der Waals surface area contributed by atoms with Gasteiger partial charge in [0.25, 0.3) is 11.3 Å². The third-order valence-electron chi connectivity index (χ3n) is 4.44. The minimum atomic E-state index is -1.81. The van der Waals surface area contributed by atoms with Crippen molar-refractivity contribution in [3.63, 3.8) is 0 Å². The highest BCUT2D eigenvalue weighted by atomic mass is 19.1. The number of carbonyl (C=O) groups excluding carboxylic acids is 1. The zero-order valence-electron chi connectivity index (χ0n) is 16.1. The highest BCUT2D eigenvalue weighted by Crippen LogP contribution is 2.09. The van der Waals surface area contributed by atoms with Crippen LogP contribution in [-0.2, 0) is 22.7 Å². The van der Waals surface area contributed by atoms with Gasteiger partial charge in [0.2, 0.25) is 0 Å². The quantitative estimate of drug-likeness (QED) is 0.339. The number of carboxylic acid groups (broad SMARTS) is 1. The topological polar surface area (TPSA) is 119 Å². The van der Waals surface area contributed by atoms with Crippen molar-refractivity contribution in [1.82, 2.24) is 9.13 Å². The van der Waals surface area contributed by atoms with Gasteiger partial charge in [-0.2, -0.15) is 0 Å². The first kappa shape index (κ1) is 21.4. The van der Waals surface area contributed by atoms with Crippen LogP contribution in [0.15, 0.2) is 76.5 Å². The van der Waals surface area contributed by atoms with E-state index in [1.54, 1.807) is 30.3 Å². The van der Waals surface area contributed by atoms with Crippen molar-refractivity contribution in [2.45, 2.75) is 13.1 Å². The zero-order valence-corrected chi connectivity index (χ0v) is 16.1. The van der Waals surface area contributed by atoms with Gasteiger partial charge in [-0.3, -0.25) is 18.7 Å². The largest absolute Gasteiger partial charge is 0.507 e. The number of benzene rings is 2. The second-order valence-electron chi connectivity index (χ2n) is 6.66. The van der Waals surface area contributed by atoms with E-state index in [9.17, 15) is 28.7 Å². The van der Waals surface area contributed by atoms with Crippen LogP contribution in [0.5, 0.6) is 0 Å². The van der Waals surface area contributed by atoms with E-state index in [0.717, 1.165) is 20.9 Å². The average Bonchev–Trinajstić information content (AvgIpc) is 2.75. The lowest BCUT2D eigenvalue weighted by Crippen LogP contribution is -2.41. The molecule has 8 nitrogen and oxygen atoms in total. The first-order valence-corrected chi connectivity index (χ1v) is 9.07. The maximum absolute atomic E-state index is 13.2. The van der Waals surface area contributed by atoms with Gasteiger partial charge >= 0.3 is 11.7 Å². The molecule has 1 heterocycles. The van der Waals surface area contributed by atoms with Gasteiger partial charge in [-0.15, -0.1) is 0 Å². The number of halogens is 1. The van der Waals surface area contributed by atoms with Crippen LogP contribution in [0.25, 0.3) is 5.76 Å². The van der Waals surface area contributed by atoms with Crippen LogP contribution in [0.4, 0.5) is 4.39 Å². The van der Waals surface area contributed by atoms with E-state index in [2.05, 4.69) is 0 Å². The molecule has 2 N–H and O–H groups in total. The van der Waals surface area contributed by atoms with Crippen molar-refractivity contribution < 1.29 is 24.2 Å². The molecule has 0 aliphatic carbocycles. The maximum atomic E-state index is 13.2. The molecular formula is C22H17FN2O6. The van der Waals surface area contributed by atoms with Gasteiger partial charge < -0.3 is 10.2 Å². The van der Waals surface area contributed by atoms with Crippen LogP contribution < -0.4 is 11.2 Å². The summed E-state index contributed by atoms with van der Waals surface area (Å²) >= 11 is 0. The molecule has 3 aromatic rings. The predicted octanol–water partition coefficient (Wildman–Crippen LogP) is 1.80. The summed E-state index contributed by atoms with van der Waals surface area (Å²) in [7, 11) is 0. The van der Waals surface area contributed by atoms with Crippen molar-refractivity contribution in [3.8, 4) is 0 Å². The van der Waals surface area contributed by atoms with Crippen molar-refractivity contribution in [2.24, 2.45) is 0 Å². The third-order valence-corrected chi connectivity index (χ3v) is 4.44. The third kappa shape index (κ3) is 5.02. The number of hydrogen-bond acceptors (Lipinski definition) is 5. The molecule has 0 saturated heterocycles. The molecule has 0 aliphatic heterocycles. The number of ketones is 1. The van der Waals surface area contributed by atoms with Gasteiger partial charge in [-0.05, 0) is 23.3 Å². The maximum Gasteiger partial charge on any atom is 0.376 e. The molecular weight excluding hydrogens is 407 g/mol. The number of aliphatic hydroxyl groups excluding tert-OH is 1.